The standard InChI is InChI=1S/C21H30N2O4/c1-21(2,3)27-20(25)22-17(13-15-7-5-4-6-8-15)19(24)26-18-14-23-11-9-16(18)10-12-23/h4-8,16-18H,9-14H2,1-3H3,(H,22,25). The quantitative estimate of drug-likeness (QED) is 0.803. The molecule has 1 amide bonds. The topological polar surface area (TPSA) is 67.9 Å². The van der Waals surface area contributed by atoms with Gasteiger partial charge in [-0.05, 0) is 58.2 Å². The Morgan fingerprint density at radius 2 is 1.85 bits per heavy atom. The molecule has 3 aliphatic rings. The SMILES string of the molecule is CC(C)(C)OC(=O)NC(Cc1ccccc1)C(=O)OC1CN2CCC1CC2. The molecule has 0 saturated carbocycles. The van der Waals surface area contributed by atoms with Gasteiger partial charge in [-0.15, -0.1) is 0 Å². The number of ether oxygens (including phenoxy) is 2. The van der Waals surface area contributed by atoms with Crippen LogP contribution in [0.4, 0.5) is 4.79 Å². The van der Waals surface area contributed by atoms with Gasteiger partial charge in [0.15, 0.2) is 0 Å². The van der Waals surface area contributed by atoms with Crippen LogP contribution in [0.2, 0.25) is 0 Å². The molecule has 2 atom stereocenters. The van der Waals surface area contributed by atoms with E-state index in [1.54, 1.807) is 20.8 Å². The van der Waals surface area contributed by atoms with Gasteiger partial charge >= 0.3 is 12.1 Å². The van der Waals surface area contributed by atoms with Crippen LogP contribution in [-0.4, -0.2) is 54.3 Å². The van der Waals surface area contributed by atoms with Gasteiger partial charge in [-0.2, -0.15) is 0 Å². The van der Waals surface area contributed by atoms with Gasteiger partial charge < -0.3 is 14.8 Å². The second kappa shape index (κ2) is 8.30. The molecule has 3 aliphatic heterocycles. The highest BCUT2D eigenvalue weighted by molar-refractivity contribution is 5.82. The number of carbonyl (C=O) groups excluding carboxylic acids is 2. The van der Waals surface area contributed by atoms with E-state index in [0.717, 1.165) is 38.0 Å². The summed E-state index contributed by atoms with van der Waals surface area (Å²) in [7, 11) is 0. The summed E-state index contributed by atoms with van der Waals surface area (Å²) >= 11 is 0. The van der Waals surface area contributed by atoms with Crippen LogP contribution in [0, 0.1) is 5.92 Å². The Bertz CT molecular complexity index is 648. The highest BCUT2D eigenvalue weighted by Gasteiger charge is 2.38. The number of esters is 1. The van der Waals surface area contributed by atoms with E-state index >= 15 is 0 Å². The molecule has 6 nitrogen and oxygen atoms in total. The summed E-state index contributed by atoms with van der Waals surface area (Å²) in [4.78, 5) is 27.5. The first-order valence-electron chi connectivity index (χ1n) is 9.76. The number of rotatable bonds is 5. The lowest BCUT2D eigenvalue weighted by molar-refractivity contribution is -0.161. The van der Waals surface area contributed by atoms with Crippen LogP contribution in [0.3, 0.4) is 0 Å². The minimum absolute atomic E-state index is 0.0845. The third kappa shape index (κ3) is 5.70. The summed E-state index contributed by atoms with van der Waals surface area (Å²) in [5.74, 6) is 0.0429. The maximum atomic E-state index is 12.9. The van der Waals surface area contributed by atoms with Crippen molar-refractivity contribution >= 4 is 12.1 Å². The molecule has 27 heavy (non-hydrogen) atoms. The van der Waals surface area contributed by atoms with E-state index in [4.69, 9.17) is 9.47 Å². The maximum absolute atomic E-state index is 12.9. The highest BCUT2D eigenvalue weighted by Crippen LogP contribution is 2.29. The van der Waals surface area contributed by atoms with Crippen molar-refractivity contribution in [1.29, 1.82) is 0 Å². The minimum Gasteiger partial charge on any atom is -0.459 e. The van der Waals surface area contributed by atoms with Gasteiger partial charge in [-0.1, -0.05) is 30.3 Å². The van der Waals surface area contributed by atoms with Gasteiger partial charge in [-0.3, -0.25) is 4.90 Å². The second-order valence-electron chi connectivity index (χ2n) is 8.50. The van der Waals surface area contributed by atoms with Crippen LogP contribution in [0.5, 0.6) is 0 Å². The first-order chi connectivity index (χ1) is 12.8. The number of alkyl carbamates (subject to hydrolysis) is 1. The van der Waals surface area contributed by atoms with Crippen LogP contribution in [-0.2, 0) is 20.7 Å². The van der Waals surface area contributed by atoms with Gasteiger partial charge in [0.25, 0.3) is 0 Å². The van der Waals surface area contributed by atoms with Gasteiger partial charge in [0, 0.05) is 13.0 Å². The Balaban J connectivity index is 1.66. The molecule has 0 aromatic heterocycles. The third-order valence-corrected chi connectivity index (χ3v) is 5.12. The van der Waals surface area contributed by atoms with E-state index in [9.17, 15) is 9.59 Å². The summed E-state index contributed by atoms with van der Waals surface area (Å²) in [5.41, 5.74) is 0.339. The van der Waals surface area contributed by atoms with Crippen LogP contribution in [0.1, 0.15) is 39.2 Å². The zero-order valence-electron chi connectivity index (χ0n) is 16.4. The largest absolute Gasteiger partial charge is 0.459 e. The molecule has 2 unspecified atom stereocenters. The smallest absolute Gasteiger partial charge is 0.408 e. The number of hydrogen-bond acceptors (Lipinski definition) is 5. The fourth-order valence-corrected chi connectivity index (χ4v) is 3.77. The van der Waals surface area contributed by atoms with Crippen molar-refractivity contribution in [3.05, 3.63) is 35.9 Å². The summed E-state index contributed by atoms with van der Waals surface area (Å²) in [6, 6.07) is 8.86. The molecule has 0 radical (unpaired) electrons. The molecule has 148 valence electrons. The summed E-state index contributed by atoms with van der Waals surface area (Å²) in [6.07, 6.45) is 1.83. The van der Waals surface area contributed by atoms with E-state index in [1.807, 2.05) is 30.3 Å². The Morgan fingerprint density at radius 1 is 1.19 bits per heavy atom. The van der Waals surface area contributed by atoms with Gasteiger partial charge in [0.1, 0.15) is 17.7 Å². The van der Waals surface area contributed by atoms with E-state index in [1.165, 1.54) is 0 Å². The summed E-state index contributed by atoms with van der Waals surface area (Å²) in [6.45, 7) is 8.35. The predicted octanol–water partition coefficient (Wildman–Crippen LogP) is 2.76. The van der Waals surface area contributed by atoms with Crippen molar-refractivity contribution in [3.63, 3.8) is 0 Å². The van der Waals surface area contributed by atoms with E-state index < -0.39 is 17.7 Å². The van der Waals surface area contributed by atoms with Crippen LogP contribution in [0.25, 0.3) is 0 Å². The van der Waals surface area contributed by atoms with Gasteiger partial charge in [0.2, 0.25) is 0 Å². The fraction of sp³-hybridized carbons (Fsp3) is 0.619. The number of fused-ring (bicyclic) bond motifs is 3. The lowest BCUT2D eigenvalue weighted by atomic mass is 9.86. The predicted molar refractivity (Wildman–Crippen MR) is 102 cm³/mol. The van der Waals surface area contributed by atoms with Crippen molar-refractivity contribution in [2.75, 3.05) is 19.6 Å². The average molecular weight is 374 g/mol. The Hall–Kier alpha value is -2.08. The van der Waals surface area contributed by atoms with Gasteiger partial charge in [-0.25, -0.2) is 9.59 Å². The molecule has 4 rings (SSSR count). The molecule has 3 saturated heterocycles. The van der Waals surface area contributed by atoms with Crippen molar-refractivity contribution < 1.29 is 19.1 Å². The van der Waals surface area contributed by atoms with Crippen LogP contribution >= 0.6 is 0 Å². The zero-order valence-corrected chi connectivity index (χ0v) is 16.4. The molecule has 3 fully saturated rings. The van der Waals surface area contributed by atoms with Crippen LogP contribution < -0.4 is 5.32 Å². The molecule has 1 N–H and O–H groups in total. The Labute approximate surface area is 161 Å². The molecule has 1 aromatic carbocycles. The molecular formula is C21H30N2O4. The zero-order chi connectivity index (χ0) is 19.4. The van der Waals surface area contributed by atoms with E-state index in [2.05, 4.69) is 10.2 Å². The van der Waals surface area contributed by atoms with Gasteiger partial charge in [0.05, 0.1) is 0 Å². The third-order valence-electron chi connectivity index (χ3n) is 5.12. The van der Waals surface area contributed by atoms with Crippen molar-refractivity contribution in [3.8, 4) is 0 Å². The number of piperidine rings is 3. The molecule has 0 aliphatic carbocycles. The van der Waals surface area contributed by atoms with E-state index in [-0.39, 0.29) is 12.1 Å². The average Bonchev–Trinajstić information content (AvgIpc) is 2.61. The van der Waals surface area contributed by atoms with Crippen molar-refractivity contribution in [1.82, 2.24) is 10.2 Å². The first kappa shape index (κ1) is 19.7. The fourth-order valence-electron chi connectivity index (χ4n) is 3.77. The molecule has 0 spiro atoms. The van der Waals surface area contributed by atoms with Crippen molar-refractivity contribution in [2.45, 2.75) is 57.8 Å². The Kier molecular flexibility index (Phi) is 6.05. The number of carbonyl (C=O) groups is 2. The molecule has 2 bridgehead atoms. The second-order valence-corrected chi connectivity index (χ2v) is 8.50. The normalized spacial score (nSPS) is 25.5. The first-order valence-corrected chi connectivity index (χ1v) is 9.76. The molecular weight excluding hydrogens is 344 g/mol. The number of nitrogens with zero attached hydrogens (tertiary/aromatic N) is 1. The van der Waals surface area contributed by atoms with E-state index in [0.29, 0.717) is 12.3 Å². The molecule has 6 heteroatoms. The summed E-state index contributed by atoms with van der Waals surface area (Å²) in [5, 5.41) is 2.71. The lowest BCUT2D eigenvalue weighted by Crippen LogP contribution is -2.54. The number of nitrogens with one attached hydrogen (secondary N) is 1. The summed E-state index contributed by atoms with van der Waals surface area (Å²) < 4.78 is 11.2. The number of hydrogen-bond donors (Lipinski definition) is 1. The Morgan fingerprint density at radius 3 is 2.41 bits per heavy atom. The molecule has 1 aromatic rings. The van der Waals surface area contributed by atoms with Crippen LogP contribution in [0.15, 0.2) is 30.3 Å². The van der Waals surface area contributed by atoms with Crippen molar-refractivity contribution in [2.24, 2.45) is 5.92 Å². The molecule has 3 heterocycles. The monoisotopic (exact) mass is 374 g/mol. The highest BCUT2D eigenvalue weighted by atomic mass is 16.6. The lowest BCUT2D eigenvalue weighted by Gasteiger charge is -2.44. The number of amides is 1. The maximum Gasteiger partial charge on any atom is 0.408 e. The minimum atomic E-state index is -0.766. The number of benzene rings is 1.